The second-order valence-electron chi connectivity index (χ2n) is 5.94. The fourth-order valence-electron chi connectivity index (χ4n) is 3.03. The van der Waals surface area contributed by atoms with Gasteiger partial charge >= 0.3 is 0 Å². The predicted octanol–water partition coefficient (Wildman–Crippen LogP) is 3.70. The van der Waals surface area contributed by atoms with Crippen molar-refractivity contribution in [2.24, 2.45) is 0 Å². The molecule has 3 heterocycles. The third-order valence-electron chi connectivity index (χ3n) is 4.26. The number of benzene rings is 1. The Labute approximate surface area is 148 Å². The summed E-state index contributed by atoms with van der Waals surface area (Å²) in [4.78, 5) is 14.8. The molecule has 1 saturated heterocycles. The summed E-state index contributed by atoms with van der Waals surface area (Å²) in [5.41, 5.74) is 0.725. The average molecular weight is 360 g/mol. The molecular formula is C17H15ClFN5O. The van der Waals surface area contributed by atoms with Crippen molar-refractivity contribution in [3.05, 3.63) is 53.5 Å². The van der Waals surface area contributed by atoms with Crippen LogP contribution in [0.15, 0.2) is 41.3 Å². The topological polar surface area (TPSA) is 67.9 Å². The lowest BCUT2D eigenvalue weighted by Gasteiger charge is -2.32. The maximum Gasteiger partial charge on any atom is 0.231 e. The van der Waals surface area contributed by atoms with Crippen LogP contribution in [-0.2, 0) is 0 Å². The van der Waals surface area contributed by atoms with E-state index in [4.69, 9.17) is 16.1 Å². The maximum atomic E-state index is 13.0. The Morgan fingerprint density at radius 1 is 1.24 bits per heavy atom. The Morgan fingerprint density at radius 2 is 2.08 bits per heavy atom. The minimum atomic E-state index is -0.294. The van der Waals surface area contributed by atoms with E-state index in [1.165, 1.54) is 18.5 Å². The van der Waals surface area contributed by atoms with Gasteiger partial charge < -0.3 is 9.42 Å². The Hall–Kier alpha value is -2.54. The molecular weight excluding hydrogens is 345 g/mol. The van der Waals surface area contributed by atoms with E-state index >= 15 is 0 Å². The first-order valence-corrected chi connectivity index (χ1v) is 8.38. The lowest BCUT2D eigenvalue weighted by molar-refractivity contribution is 0.333. The zero-order valence-corrected chi connectivity index (χ0v) is 14.0. The second kappa shape index (κ2) is 6.76. The highest BCUT2D eigenvalue weighted by Crippen LogP contribution is 2.31. The molecule has 0 spiro atoms. The van der Waals surface area contributed by atoms with Crippen molar-refractivity contribution >= 4 is 17.4 Å². The largest absolute Gasteiger partial charge is 0.354 e. The number of halogens is 2. The smallest absolute Gasteiger partial charge is 0.231 e. The Bertz CT molecular complexity index is 869. The first kappa shape index (κ1) is 16.0. The van der Waals surface area contributed by atoms with Gasteiger partial charge in [-0.25, -0.2) is 14.4 Å². The van der Waals surface area contributed by atoms with Gasteiger partial charge in [0.15, 0.2) is 5.82 Å². The van der Waals surface area contributed by atoms with Gasteiger partial charge in [-0.3, -0.25) is 0 Å². The van der Waals surface area contributed by atoms with Gasteiger partial charge in [0.05, 0.1) is 12.1 Å². The molecule has 128 valence electrons. The summed E-state index contributed by atoms with van der Waals surface area (Å²) >= 11 is 6.20. The predicted molar refractivity (Wildman–Crippen MR) is 90.9 cm³/mol. The molecule has 4 rings (SSSR count). The van der Waals surface area contributed by atoms with Crippen molar-refractivity contribution in [3.8, 4) is 11.4 Å². The number of nitrogens with zero attached hydrogens (tertiary/aromatic N) is 5. The van der Waals surface area contributed by atoms with Gasteiger partial charge in [-0.05, 0) is 37.1 Å². The van der Waals surface area contributed by atoms with Gasteiger partial charge in [0.2, 0.25) is 11.7 Å². The number of aromatic nitrogens is 4. The van der Waals surface area contributed by atoms with E-state index in [0.29, 0.717) is 23.3 Å². The van der Waals surface area contributed by atoms with Crippen molar-refractivity contribution in [2.45, 2.75) is 18.8 Å². The van der Waals surface area contributed by atoms with Gasteiger partial charge in [-0.1, -0.05) is 16.8 Å². The fraction of sp³-hybridized carbons (Fsp3) is 0.294. The first-order valence-electron chi connectivity index (χ1n) is 8.00. The van der Waals surface area contributed by atoms with Crippen molar-refractivity contribution in [1.29, 1.82) is 0 Å². The van der Waals surface area contributed by atoms with Crippen LogP contribution >= 0.6 is 11.6 Å². The van der Waals surface area contributed by atoms with E-state index in [1.807, 2.05) is 0 Å². The molecule has 6 nitrogen and oxygen atoms in total. The van der Waals surface area contributed by atoms with Crippen LogP contribution in [0.1, 0.15) is 24.7 Å². The molecule has 1 aromatic carbocycles. The van der Waals surface area contributed by atoms with Gasteiger partial charge in [0.1, 0.15) is 17.2 Å². The molecule has 0 bridgehead atoms. The van der Waals surface area contributed by atoms with Crippen LogP contribution in [0.4, 0.5) is 10.2 Å². The van der Waals surface area contributed by atoms with Crippen LogP contribution < -0.4 is 4.90 Å². The van der Waals surface area contributed by atoms with E-state index in [9.17, 15) is 4.39 Å². The van der Waals surface area contributed by atoms with E-state index in [-0.39, 0.29) is 11.7 Å². The third kappa shape index (κ3) is 3.32. The molecule has 1 aliphatic rings. The molecule has 1 atom stereocenters. The zero-order valence-electron chi connectivity index (χ0n) is 13.3. The monoisotopic (exact) mass is 359 g/mol. The molecule has 8 heteroatoms. The molecule has 25 heavy (non-hydrogen) atoms. The molecule has 3 aromatic rings. The Morgan fingerprint density at radius 3 is 2.88 bits per heavy atom. The molecule has 1 aliphatic heterocycles. The second-order valence-corrected chi connectivity index (χ2v) is 6.35. The summed E-state index contributed by atoms with van der Waals surface area (Å²) in [5, 5.41) is 4.56. The number of piperidine rings is 1. The minimum Gasteiger partial charge on any atom is -0.354 e. The number of hydrogen-bond acceptors (Lipinski definition) is 6. The van der Waals surface area contributed by atoms with Gasteiger partial charge in [0, 0.05) is 18.7 Å². The number of rotatable bonds is 3. The quantitative estimate of drug-likeness (QED) is 0.710. The van der Waals surface area contributed by atoms with Crippen molar-refractivity contribution in [3.63, 3.8) is 0 Å². The van der Waals surface area contributed by atoms with Crippen molar-refractivity contribution < 1.29 is 8.91 Å². The maximum absolute atomic E-state index is 13.0. The molecule has 2 aromatic heterocycles. The van der Waals surface area contributed by atoms with E-state index in [0.717, 1.165) is 30.8 Å². The van der Waals surface area contributed by atoms with E-state index < -0.39 is 0 Å². The Kier molecular flexibility index (Phi) is 4.31. The lowest BCUT2D eigenvalue weighted by atomic mass is 9.98. The summed E-state index contributed by atoms with van der Waals surface area (Å²) in [6.45, 7) is 1.56. The van der Waals surface area contributed by atoms with Gasteiger partial charge in [-0.15, -0.1) is 0 Å². The van der Waals surface area contributed by atoms with Gasteiger partial charge in [-0.2, -0.15) is 4.98 Å². The molecule has 1 unspecified atom stereocenters. The van der Waals surface area contributed by atoms with Crippen LogP contribution in [0.25, 0.3) is 11.4 Å². The summed E-state index contributed by atoms with van der Waals surface area (Å²) in [6, 6.07) is 6.03. The van der Waals surface area contributed by atoms with Crippen LogP contribution in [0, 0.1) is 5.82 Å². The summed E-state index contributed by atoms with van der Waals surface area (Å²) in [6.07, 6.45) is 5.00. The standard InChI is InChI=1S/C17H15ClFN5O/c18-14-8-20-10-21-16(14)24-7-1-2-12(9-24)17-22-15(23-25-17)11-3-5-13(19)6-4-11/h3-6,8,10,12H,1-2,7,9H2. The molecule has 1 fully saturated rings. The van der Waals surface area contributed by atoms with Crippen molar-refractivity contribution in [2.75, 3.05) is 18.0 Å². The van der Waals surface area contributed by atoms with Crippen LogP contribution in [0.5, 0.6) is 0 Å². The van der Waals surface area contributed by atoms with Crippen molar-refractivity contribution in [1.82, 2.24) is 20.1 Å². The molecule has 0 saturated carbocycles. The van der Waals surface area contributed by atoms with Crippen LogP contribution in [0.2, 0.25) is 5.02 Å². The molecule has 0 radical (unpaired) electrons. The first-order chi connectivity index (χ1) is 12.2. The van der Waals surface area contributed by atoms with E-state index in [1.54, 1.807) is 18.3 Å². The highest BCUT2D eigenvalue weighted by molar-refractivity contribution is 6.32. The van der Waals surface area contributed by atoms with Crippen LogP contribution in [0.3, 0.4) is 0 Å². The lowest BCUT2D eigenvalue weighted by Crippen LogP contribution is -2.35. The number of hydrogen-bond donors (Lipinski definition) is 0. The highest BCUT2D eigenvalue weighted by Gasteiger charge is 2.28. The van der Waals surface area contributed by atoms with Crippen LogP contribution in [-0.4, -0.2) is 33.2 Å². The SMILES string of the molecule is Fc1ccc(-c2noc(C3CCCN(c4ncncc4Cl)C3)n2)cc1. The average Bonchev–Trinajstić information content (AvgIpc) is 3.13. The fourth-order valence-corrected chi connectivity index (χ4v) is 3.25. The normalized spacial score (nSPS) is 17.7. The Balaban J connectivity index is 1.54. The molecule has 0 N–H and O–H groups in total. The molecule has 0 amide bonds. The van der Waals surface area contributed by atoms with E-state index in [2.05, 4.69) is 25.0 Å². The zero-order chi connectivity index (χ0) is 17.2. The molecule has 0 aliphatic carbocycles. The number of anilines is 1. The summed E-state index contributed by atoms with van der Waals surface area (Å²) in [7, 11) is 0. The third-order valence-corrected chi connectivity index (χ3v) is 4.53. The summed E-state index contributed by atoms with van der Waals surface area (Å²) in [5.74, 6) is 1.57. The van der Waals surface area contributed by atoms with Gasteiger partial charge in [0.25, 0.3) is 0 Å². The minimum absolute atomic E-state index is 0.0986. The highest BCUT2D eigenvalue weighted by atomic mass is 35.5. The summed E-state index contributed by atoms with van der Waals surface area (Å²) < 4.78 is 18.5.